The van der Waals surface area contributed by atoms with Crippen LogP contribution in [0.5, 0.6) is 11.8 Å². The molecule has 3 aromatic rings. The first kappa shape index (κ1) is 15.2. The lowest BCUT2D eigenvalue weighted by molar-refractivity contribution is 0.0531. The van der Waals surface area contributed by atoms with Crippen molar-refractivity contribution in [1.29, 1.82) is 0 Å². The number of aromatic nitrogens is 2. The van der Waals surface area contributed by atoms with Crippen molar-refractivity contribution in [2.45, 2.75) is 13.8 Å². The van der Waals surface area contributed by atoms with Crippen molar-refractivity contribution >= 4 is 27.5 Å². The molecule has 0 fully saturated rings. The number of carbonyl (C=O) groups excluding carboxylic acids is 1. The molecule has 2 heterocycles. The second kappa shape index (κ2) is 6.21. The quantitative estimate of drug-likeness (QED) is 0.743. The van der Waals surface area contributed by atoms with Gasteiger partial charge in [-0.25, -0.2) is 4.79 Å². The molecule has 0 radical (unpaired) electrons. The van der Waals surface area contributed by atoms with Gasteiger partial charge in [0.2, 0.25) is 0 Å². The molecule has 118 valence electrons. The smallest absolute Gasteiger partial charge is 0.348 e. The zero-order valence-electron chi connectivity index (χ0n) is 12.6. The minimum atomic E-state index is -0.446. The van der Waals surface area contributed by atoms with Crippen LogP contribution < -0.4 is 10.3 Å². The van der Waals surface area contributed by atoms with Crippen LogP contribution in [0.4, 0.5) is 0 Å². The number of H-pyrrole nitrogens is 1. The van der Waals surface area contributed by atoms with Crippen LogP contribution in [0.2, 0.25) is 0 Å². The maximum atomic E-state index is 12.3. The molecule has 0 spiro atoms. The Hall–Kier alpha value is -2.67. The summed E-state index contributed by atoms with van der Waals surface area (Å²) < 4.78 is 10.6. The standard InChI is InChI=1S/C16H14N2O4S/c1-3-21-15(20)12-9(2)11-13(19)17-16(18-14(11)23-12)22-10-7-5-4-6-8-10/h4-8H,3H2,1-2H3,(H,17,18,19). The monoisotopic (exact) mass is 330 g/mol. The van der Waals surface area contributed by atoms with Crippen molar-refractivity contribution in [2.75, 3.05) is 6.61 Å². The number of fused-ring (bicyclic) bond motifs is 1. The van der Waals surface area contributed by atoms with Gasteiger partial charge in [-0.05, 0) is 31.5 Å². The highest BCUT2D eigenvalue weighted by molar-refractivity contribution is 7.20. The highest BCUT2D eigenvalue weighted by Gasteiger charge is 2.20. The van der Waals surface area contributed by atoms with Gasteiger partial charge >= 0.3 is 12.0 Å². The fourth-order valence-electron chi connectivity index (χ4n) is 2.16. The maximum absolute atomic E-state index is 12.3. The number of benzene rings is 1. The second-order valence-electron chi connectivity index (χ2n) is 4.74. The number of hydrogen-bond acceptors (Lipinski definition) is 6. The van der Waals surface area contributed by atoms with E-state index >= 15 is 0 Å². The minimum absolute atomic E-state index is 0.0883. The summed E-state index contributed by atoms with van der Waals surface area (Å²) in [6, 6.07) is 9.10. The van der Waals surface area contributed by atoms with Gasteiger partial charge in [0.05, 0.1) is 12.0 Å². The van der Waals surface area contributed by atoms with Gasteiger partial charge in [0.15, 0.2) is 0 Å². The lowest BCUT2D eigenvalue weighted by atomic mass is 10.2. The number of aryl methyl sites for hydroxylation is 1. The molecule has 0 unspecified atom stereocenters. The van der Waals surface area contributed by atoms with Crippen molar-refractivity contribution in [1.82, 2.24) is 9.97 Å². The molecule has 7 heteroatoms. The van der Waals surface area contributed by atoms with Gasteiger partial charge < -0.3 is 9.47 Å². The number of aromatic amines is 1. The van der Waals surface area contributed by atoms with Gasteiger partial charge in [0.25, 0.3) is 5.56 Å². The fourth-order valence-corrected chi connectivity index (χ4v) is 3.23. The Bertz CT molecular complexity index is 915. The van der Waals surface area contributed by atoms with Crippen LogP contribution in [0.15, 0.2) is 35.1 Å². The predicted octanol–water partition coefficient (Wildman–Crippen LogP) is 3.26. The van der Waals surface area contributed by atoms with Crippen LogP contribution >= 0.6 is 11.3 Å². The molecule has 0 aliphatic carbocycles. The molecule has 0 amide bonds. The number of nitrogens with zero attached hydrogens (tertiary/aromatic N) is 1. The highest BCUT2D eigenvalue weighted by Crippen LogP contribution is 2.29. The maximum Gasteiger partial charge on any atom is 0.348 e. The van der Waals surface area contributed by atoms with E-state index in [-0.39, 0.29) is 18.2 Å². The van der Waals surface area contributed by atoms with Gasteiger partial charge in [-0.1, -0.05) is 18.2 Å². The summed E-state index contributed by atoms with van der Waals surface area (Å²) in [5.74, 6) is 0.117. The first-order valence-corrected chi connectivity index (χ1v) is 7.85. The number of para-hydroxylation sites is 1. The van der Waals surface area contributed by atoms with Crippen LogP contribution in [0.1, 0.15) is 22.2 Å². The predicted molar refractivity (Wildman–Crippen MR) is 87.5 cm³/mol. The van der Waals surface area contributed by atoms with Crippen LogP contribution in [0.3, 0.4) is 0 Å². The summed E-state index contributed by atoms with van der Waals surface area (Å²) in [5, 5.41) is 0.387. The zero-order valence-corrected chi connectivity index (χ0v) is 13.4. The Balaban J connectivity index is 2.05. The largest absolute Gasteiger partial charge is 0.462 e. The number of thiophene rings is 1. The van der Waals surface area contributed by atoms with Crippen molar-refractivity contribution < 1.29 is 14.3 Å². The number of esters is 1. The molecule has 6 nitrogen and oxygen atoms in total. The van der Waals surface area contributed by atoms with E-state index in [1.165, 1.54) is 0 Å². The average molecular weight is 330 g/mol. The SMILES string of the molecule is CCOC(=O)c1sc2nc(Oc3ccccc3)[nH]c(=O)c2c1C. The van der Waals surface area contributed by atoms with E-state index in [0.717, 1.165) is 11.3 Å². The normalized spacial score (nSPS) is 10.7. The second-order valence-corrected chi connectivity index (χ2v) is 5.74. The summed E-state index contributed by atoms with van der Waals surface area (Å²) in [7, 11) is 0. The van der Waals surface area contributed by atoms with Crippen molar-refractivity contribution in [3.05, 3.63) is 51.1 Å². The van der Waals surface area contributed by atoms with E-state index in [1.807, 2.05) is 18.2 Å². The Morgan fingerprint density at radius 1 is 1.30 bits per heavy atom. The molecular formula is C16H14N2O4S. The molecule has 0 bridgehead atoms. The van der Waals surface area contributed by atoms with E-state index in [0.29, 0.717) is 26.4 Å². The van der Waals surface area contributed by atoms with E-state index in [2.05, 4.69) is 9.97 Å². The van der Waals surface area contributed by atoms with Gasteiger partial charge in [0, 0.05) is 0 Å². The lowest BCUT2D eigenvalue weighted by Crippen LogP contribution is -2.09. The Kier molecular flexibility index (Phi) is 4.12. The fraction of sp³-hybridized carbons (Fsp3) is 0.188. The number of hydrogen-bond donors (Lipinski definition) is 1. The lowest BCUT2D eigenvalue weighted by Gasteiger charge is -2.03. The van der Waals surface area contributed by atoms with E-state index < -0.39 is 5.97 Å². The topological polar surface area (TPSA) is 81.3 Å². The Morgan fingerprint density at radius 3 is 2.74 bits per heavy atom. The van der Waals surface area contributed by atoms with Gasteiger partial charge in [0.1, 0.15) is 15.5 Å². The molecule has 1 N–H and O–H groups in total. The first-order chi connectivity index (χ1) is 11.1. The number of nitrogens with one attached hydrogen (secondary N) is 1. The molecule has 0 aliphatic heterocycles. The van der Waals surface area contributed by atoms with Crippen molar-refractivity contribution in [2.24, 2.45) is 0 Å². The van der Waals surface area contributed by atoms with Gasteiger partial charge in [-0.15, -0.1) is 11.3 Å². The van der Waals surface area contributed by atoms with Crippen LogP contribution in [0, 0.1) is 6.92 Å². The first-order valence-electron chi connectivity index (χ1n) is 7.03. The van der Waals surface area contributed by atoms with Crippen molar-refractivity contribution in [3.8, 4) is 11.8 Å². The summed E-state index contributed by atoms with van der Waals surface area (Å²) in [6.45, 7) is 3.72. The summed E-state index contributed by atoms with van der Waals surface area (Å²) >= 11 is 1.13. The number of ether oxygens (including phenoxy) is 2. The molecule has 23 heavy (non-hydrogen) atoms. The minimum Gasteiger partial charge on any atom is -0.462 e. The summed E-state index contributed by atoms with van der Waals surface area (Å²) in [6.07, 6.45) is 0. The summed E-state index contributed by atoms with van der Waals surface area (Å²) in [5.41, 5.74) is 0.230. The molecule has 0 saturated heterocycles. The third-order valence-electron chi connectivity index (χ3n) is 3.20. The van der Waals surface area contributed by atoms with Gasteiger partial charge in [-0.3, -0.25) is 9.78 Å². The Labute approximate surface area is 135 Å². The molecule has 0 aliphatic rings. The third kappa shape index (κ3) is 2.95. The molecular weight excluding hydrogens is 316 g/mol. The van der Waals surface area contributed by atoms with Crippen LogP contribution in [-0.2, 0) is 4.74 Å². The molecule has 0 atom stereocenters. The summed E-state index contributed by atoms with van der Waals surface area (Å²) in [4.78, 5) is 31.9. The van der Waals surface area contributed by atoms with Gasteiger partial charge in [-0.2, -0.15) is 4.98 Å². The molecule has 2 aromatic heterocycles. The van der Waals surface area contributed by atoms with E-state index in [9.17, 15) is 9.59 Å². The average Bonchev–Trinajstić information content (AvgIpc) is 2.86. The van der Waals surface area contributed by atoms with Crippen LogP contribution in [-0.4, -0.2) is 22.5 Å². The van der Waals surface area contributed by atoms with Crippen LogP contribution in [0.25, 0.3) is 10.2 Å². The van der Waals surface area contributed by atoms with Crippen molar-refractivity contribution in [3.63, 3.8) is 0 Å². The third-order valence-corrected chi connectivity index (χ3v) is 4.36. The Morgan fingerprint density at radius 2 is 2.04 bits per heavy atom. The van der Waals surface area contributed by atoms with E-state index in [1.54, 1.807) is 26.0 Å². The molecule has 1 aromatic carbocycles. The number of rotatable bonds is 4. The molecule has 0 saturated carbocycles. The zero-order chi connectivity index (χ0) is 16.4. The highest BCUT2D eigenvalue weighted by atomic mass is 32.1. The van der Waals surface area contributed by atoms with E-state index in [4.69, 9.17) is 9.47 Å². The molecule has 3 rings (SSSR count). The number of carbonyl (C=O) groups is 1.